The van der Waals surface area contributed by atoms with E-state index in [9.17, 15) is 0 Å². The number of guanidine groups is 1. The van der Waals surface area contributed by atoms with Crippen LogP contribution in [-0.2, 0) is 0 Å². The molecule has 0 radical (unpaired) electrons. The van der Waals surface area contributed by atoms with Gasteiger partial charge in [0.2, 0.25) is 0 Å². The molecule has 0 spiro atoms. The fourth-order valence-corrected chi connectivity index (χ4v) is 2.25. The minimum atomic E-state index is 0. The van der Waals surface area contributed by atoms with Gasteiger partial charge in [0.15, 0.2) is 5.96 Å². The topological polar surface area (TPSA) is 45.7 Å². The number of ether oxygens (including phenoxy) is 1. The third kappa shape index (κ3) is 6.11. The van der Waals surface area contributed by atoms with Crippen molar-refractivity contribution in [1.82, 2.24) is 10.6 Å². The number of nitrogens with one attached hydrogen (secondary N) is 2. The maximum absolute atomic E-state index is 5.76. The molecule has 5 heteroatoms. The number of rotatable bonds is 5. The number of aryl methyl sites for hydroxylation is 2. The zero-order valence-corrected chi connectivity index (χ0v) is 15.6. The lowest BCUT2D eigenvalue weighted by molar-refractivity contribution is 0.321. The van der Waals surface area contributed by atoms with E-state index in [4.69, 9.17) is 4.74 Å². The van der Waals surface area contributed by atoms with Gasteiger partial charge in [0, 0.05) is 13.1 Å². The first-order chi connectivity index (χ1) is 9.58. The molecule has 0 aliphatic heterocycles. The lowest BCUT2D eigenvalue weighted by Crippen LogP contribution is -2.40. The summed E-state index contributed by atoms with van der Waals surface area (Å²) in [6.07, 6.45) is 1.24. The highest BCUT2D eigenvalue weighted by Crippen LogP contribution is 2.28. The SMILES string of the molecule is CN=C(NCCOc1cc(C)cc(C)c1)NC1CC1C.I. The predicted octanol–water partition coefficient (Wildman–Crippen LogP) is 2.87. The average Bonchev–Trinajstić information content (AvgIpc) is 3.07. The van der Waals surface area contributed by atoms with Crippen LogP contribution in [0.5, 0.6) is 5.75 Å². The molecular weight excluding hydrogens is 377 g/mol. The van der Waals surface area contributed by atoms with Gasteiger partial charge in [-0.05, 0) is 49.4 Å². The molecular formula is C16H26IN3O. The number of halogens is 1. The standard InChI is InChI=1S/C16H25N3O.HI/c1-11-7-12(2)9-14(8-11)20-6-5-18-16(17-4)19-15-10-13(15)3;/h7-9,13,15H,5-6,10H2,1-4H3,(H2,17,18,19);1H. The van der Waals surface area contributed by atoms with Crippen molar-refractivity contribution in [2.45, 2.75) is 33.2 Å². The van der Waals surface area contributed by atoms with E-state index in [1.165, 1.54) is 17.5 Å². The van der Waals surface area contributed by atoms with Gasteiger partial charge >= 0.3 is 0 Å². The molecule has 4 nitrogen and oxygen atoms in total. The van der Waals surface area contributed by atoms with Crippen molar-refractivity contribution in [2.75, 3.05) is 20.2 Å². The molecule has 0 saturated heterocycles. The monoisotopic (exact) mass is 403 g/mol. The summed E-state index contributed by atoms with van der Waals surface area (Å²) in [5, 5.41) is 6.67. The summed E-state index contributed by atoms with van der Waals surface area (Å²) in [7, 11) is 1.80. The van der Waals surface area contributed by atoms with E-state index in [0.29, 0.717) is 12.6 Å². The van der Waals surface area contributed by atoms with E-state index in [1.54, 1.807) is 7.05 Å². The Morgan fingerprint density at radius 2 is 1.90 bits per heavy atom. The number of hydrogen-bond donors (Lipinski definition) is 2. The van der Waals surface area contributed by atoms with Crippen LogP contribution in [0.4, 0.5) is 0 Å². The summed E-state index contributed by atoms with van der Waals surface area (Å²) in [4.78, 5) is 4.21. The second kappa shape index (κ2) is 8.46. The molecule has 2 atom stereocenters. The Bertz CT molecular complexity index is 470. The van der Waals surface area contributed by atoms with Gasteiger partial charge in [-0.3, -0.25) is 4.99 Å². The van der Waals surface area contributed by atoms with Crippen LogP contribution in [0.3, 0.4) is 0 Å². The molecule has 2 rings (SSSR count). The number of benzene rings is 1. The molecule has 118 valence electrons. The molecule has 1 aliphatic carbocycles. The van der Waals surface area contributed by atoms with Crippen LogP contribution in [-0.4, -0.2) is 32.2 Å². The summed E-state index contributed by atoms with van der Waals surface area (Å²) in [6, 6.07) is 6.85. The van der Waals surface area contributed by atoms with Crippen molar-refractivity contribution >= 4 is 29.9 Å². The van der Waals surface area contributed by atoms with Gasteiger partial charge in [-0.2, -0.15) is 0 Å². The lowest BCUT2D eigenvalue weighted by Gasteiger charge is -2.12. The van der Waals surface area contributed by atoms with E-state index < -0.39 is 0 Å². The second-order valence-corrected chi connectivity index (χ2v) is 5.63. The molecule has 1 aromatic carbocycles. The van der Waals surface area contributed by atoms with Gasteiger partial charge < -0.3 is 15.4 Å². The van der Waals surface area contributed by atoms with Crippen molar-refractivity contribution < 1.29 is 4.74 Å². The van der Waals surface area contributed by atoms with Gasteiger partial charge in [0.25, 0.3) is 0 Å². The van der Waals surface area contributed by atoms with Gasteiger partial charge in [-0.15, -0.1) is 24.0 Å². The Balaban J connectivity index is 0.00000220. The fourth-order valence-electron chi connectivity index (χ4n) is 2.25. The summed E-state index contributed by atoms with van der Waals surface area (Å²) in [5.41, 5.74) is 2.46. The number of hydrogen-bond acceptors (Lipinski definition) is 2. The van der Waals surface area contributed by atoms with Crippen LogP contribution >= 0.6 is 24.0 Å². The van der Waals surface area contributed by atoms with Crippen molar-refractivity contribution in [3.05, 3.63) is 29.3 Å². The molecule has 2 unspecified atom stereocenters. The van der Waals surface area contributed by atoms with Crippen molar-refractivity contribution in [1.29, 1.82) is 0 Å². The van der Waals surface area contributed by atoms with Gasteiger partial charge in [0.1, 0.15) is 12.4 Å². The summed E-state index contributed by atoms with van der Waals surface area (Å²) in [5.74, 6) is 2.56. The molecule has 0 aromatic heterocycles. The molecule has 1 saturated carbocycles. The maximum atomic E-state index is 5.76. The molecule has 0 heterocycles. The molecule has 21 heavy (non-hydrogen) atoms. The zero-order valence-electron chi connectivity index (χ0n) is 13.3. The van der Waals surface area contributed by atoms with E-state index >= 15 is 0 Å². The smallest absolute Gasteiger partial charge is 0.191 e. The first kappa shape index (κ1) is 18.1. The quantitative estimate of drug-likeness (QED) is 0.344. The molecule has 2 N–H and O–H groups in total. The molecule has 0 amide bonds. The Labute approximate surface area is 144 Å². The Morgan fingerprint density at radius 3 is 2.43 bits per heavy atom. The van der Waals surface area contributed by atoms with E-state index in [1.807, 2.05) is 0 Å². The molecule has 1 fully saturated rings. The average molecular weight is 403 g/mol. The number of aliphatic imine (C=N–C) groups is 1. The third-order valence-electron chi connectivity index (χ3n) is 3.51. The second-order valence-electron chi connectivity index (χ2n) is 5.63. The van der Waals surface area contributed by atoms with E-state index in [0.717, 1.165) is 24.2 Å². The lowest BCUT2D eigenvalue weighted by atomic mass is 10.1. The minimum absolute atomic E-state index is 0. The largest absolute Gasteiger partial charge is 0.492 e. The normalized spacial score (nSPS) is 20.5. The summed E-state index contributed by atoms with van der Waals surface area (Å²) >= 11 is 0. The van der Waals surface area contributed by atoms with Gasteiger partial charge in [0.05, 0.1) is 6.54 Å². The van der Waals surface area contributed by atoms with Gasteiger partial charge in [-0.25, -0.2) is 0 Å². The maximum Gasteiger partial charge on any atom is 0.191 e. The summed E-state index contributed by atoms with van der Waals surface area (Å²) in [6.45, 7) is 7.78. The van der Waals surface area contributed by atoms with E-state index in [-0.39, 0.29) is 24.0 Å². The van der Waals surface area contributed by atoms with Crippen LogP contribution in [0, 0.1) is 19.8 Å². The van der Waals surface area contributed by atoms with Crippen LogP contribution in [0.1, 0.15) is 24.5 Å². The minimum Gasteiger partial charge on any atom is -0.492 e. The predicted molar refractivity (Wildman–Crippen MR) is 98.9 cm³/mol. The van der Waals surface area contributed by atoms with Crippen LogP contribution in [0.15, 0.2) is 23.2 Å². The summed E-state index contributed by atoms with van der Waals surface area (Å²) < 4.78 is 5.76. The Kier molecular flexibility index (Phi) is 7.28. The van der Waals surface area contributed by atoms with Crippen molar-refractivity contribution in [2.24, 2.45) is 10.9 Å². The Morgan fingerprint density at radius 1 is 1.29 bits per heavy atom. The first-order valence-corrected chi connectivity index (χ1v) is 7.27. The highest BCUT2D eigenvalue weighted by atomic mass is 127. The highest BCUT2D eigenvalue weighted by molar-refractivity contribution is 14.0. The zero-order chi connectivity index (χ0) is 14.5. The molecule has 1 aliphatic rings. The first-order valence-electron chi connectivity index (χ1n) is 7.27. The van der Waals surface area contributed by atoms with E-state index in [2.05, 4.69) is 54.6 Å². The fraction of sp³-hybridized carbons (Fsp3) is 0.562. The van der Waals surface area contributed by atoms with Crippen LogP contribution < -0.4 is 15.4 Å². The Hall–Kier alpha value is -0.980. The van der Waals surface area contributed by atoms with Crippen LogP contribution in [0.2, 0.25) is 0 Å². The van der Waals surface area contributed by atoms with Gasteiger partial charge in [-0.1, -0.05) is 13.0 Å². The highest BCUT2D eigenvalue weighted by Gasteiger charge is 2.33. The third-order valence-corrected chi connectivity index (χ3v) is 3.51. The van der Waals surface area contributed by atoms with Crippen LogP contribution in [0.25, 0.3) is 0 Å². The van der Waals surface area contributed by atoms with Crippen molar-refractivity contribution in [3.8, 4) is 5.75 Å². The molecule has 1 aromatic rings. The van der Waals surface area contributed by atoms with Crippen molar-refractivity contribution in [3.63, 3.8) is 0 Å². The molecule has 0 bridgehead atoms. The number of nitrogens with zero attached hydrogens (tertiary/aromatic N) is 1.